The number of aryl methyl sites for hydroxylation is 1. The largest absolute Gasteiger partial charge is 0.476 e. The summed E-state index contributed by atoms with van der Waals surface area (Å²) < 4.78 is 31.1. The van der Waals surface area contributed by atoms with Crippen LogP contribution in [0, 0.1) is 6.92 Å². The summed E-state index contributed by atoms with van der Waals surface area (Å²) in [6.07, 6.45) is 0.113. The second kappa shape index (κ2) is 6.57. The van der Waals surface area contributed by atoms with E-state index in [1.807, 2.05) is 25.1 Å². The molecule has 1 N–H and O–H groups in total. The van der Waals surface area contributed by atoms with Crippen LogP contribution in [-0.4, -0.2) is 33.2 Å². The molecule has 6 nitrogen and oxygen atoms in total. The Morgan fingerprint density at radius 3 is 2.68 bits per heavy atom. The standard InChI is InChI=1S/C17H17ClN2O4S/c1-11-5-3-4-6-13(11)19-17(21)16-10-20(25(2,22)23)14-9-12(18)7-8-15(14)24-16/h3-9,16H,10H2,1-2H3,(H,19,21)/t16-/m1/s1. The number of ether oxygens (including phenoxy) is 1. The van der Waals surface area contributed by atoms with Gasteiger partial charge in [0, 0.05) is 10.7 Å². The Kier molecular flexibility index (Phi) is 4.62. The van der Waals surface area contributed by atoms with E-state index in [9.17, 15) is 13.2 Å². The Balaban J connectivity index is 1.90. The number of nitrogens with zero attached hydrogens (tertiary/aromatic N) is 1. The number of sulfonamides is 1. The summed E-state index contributed by atoms with van der Waals surface area (Å²) in [5.74, 6) is -0.116. The Morgan fingerprint density at radius 1 is 1.28 bits per heavy atom. The van der Waals surface area contributed by atoms with Crippen LogP contribution in [0.3, 0.4) is 0 Å². The van der Waals surface area contributed by atoms with Crippen LogP contribution in [-0.2, 0) is 14.8 Å². The minimum absolute atomic E-state index is 0.121. The van der Waals surface area contributed by atoms with Gasteiger partial charge in [-0.3, -0.25) is 9.10 Å². The fraction of sp³-hybridized carbons (Fsp3) is 0.235. The van der Waals surface area contributed by atoms with Gasteiger partial charge in [0.1, 0.15) is 5.75 Å². The molecular weight excluding hydrogens is 364 g/mol. The van der Waals surface area contributed by atoms with Crippen molar-refractivity contribution in [2.45, 2.75) is 13.0 Å². The van der Waals surface area contributed by atoms with E-state index in [1.165, 1.54) is 6.07 Å². The van der Waals surface area contributed by atoms with Gasteiger partial charge in [0.2, 0.25) is 10.0 Å². The van der Waals surface area contributed by atoms with Crippen LogP contribution in [0.5, 0.6) is 5.75 Å². The Hall–Kier alpha value is -2.25. The molecule has 1 amide bonds. The topological polar surface area (TPSA) is 75.7 Å². The molecule has 1 aliphatic rings. The number of rotatable bonds is 3. The first-order chi connectivity index (χ1) is 11.8. The van der Waals surface area contributed by atoms with Crippen molar-refractivity contribution >= 4 is 38.9 Å². The van der Waals surface area contributed by atoms with E-state index in [-0.39, 0.29) is 6.54 Å². The van der Waals surface area contributed by atoms with Crippen LogP contribution in [0.2, 0.25) is 5.02 Å². The molecule has 0 aliphatic carbocycles. The summed E-state index contributed by atoms with van der Waals surface area (Å²) in [6, 6.07) is 12.0. The second-order valence-electron chi connectivity index (χ2n) is 5.82. The molecule has 0 unspecified atom stereocenters. The van der Waals surface area contributed by atoms with Crippen molar-refractivity contribution in [2.24, 2.45) is 0 Å². The number of benzene rings is 2. The van der Waals surface area contributed by atoms with Gasteiger partial charge in [0.25, 0.3) is 5.91 Å². The normalized spacial score (nSPS) is 16.8. The van der Waals surface area contributed by atoms with E-state index in [0.29, 0.717) is 22.1 Å². The zero-order valence-corrected chi connectivity index (χ0v) is 15.3. The van der Waals surface area contributed by atoms with Crippen LogP contribution in [0.25, 0.3) is 0 Å². The predicted molar refractivity (Wildman–Crippen MR) is 97.9 cm³/mol. The molecule has 1 atom stereocenters. The Morgan fingerprint density at radius 2 is 2.00 bits per heavy atom. The van der Waals surface area contributed by atoms with Gasteiger partial charge in [-0.05, 0) is 36.8 Å². The van der Waals surface area contributed by atoms with Crippen LogP contribution in [0.4, 0.5) is 11.4 Å². The van der Waals surface area contributed by atoms with Crippen LogP contribution in [0.15, 0.2) is 42.5 Å². The highest BCUT2D eigenvalue weighted by Crippen LogP contribution is 2.37. The Labute approximate surface area is 151 Å². The van der Waals surface area contributed by atoms with Crippen molar-refractivity contribution in [3.8, 4) is 5.75 Å². The van der Waals surface area contributed by atoms with Gasteiger partial charge in [-0.1, -0.05) is 29.8 Å². The lowest BCUT2D eigenvalue weighted by Gasteiger charge is -2.34. The molecule has 0 bridgehead atoms. The van der Waals surface area contributed by atoms with Crippen molar-refractivity contribution in [3.05, 3.63) is 53.1 Å². The SMILES string of the molecule is Cc1ccccc1NC(=O)[C@H]1CN(S(C)(=O)=O)c2cc(Cl)ccc2O1. The third-order valence-corrected chi connectivity index (χ3v) is 5.27. The lowest BCUT2D eigenvalue weighted by molar-refractivity contribution is -0.122. The molecule has 1 aliphatic heterocycles. The summed E-state index contributed by atoms with van der Waals surface area (Å²) in [5, 5.41) is 3.17. The third-order valence-electron chi connectivity index (χ3n) is 3.89. The molecule has 2 aromatic rings. The zero-order valence-electron chi connectivity index (χ0n) is 13.7. The first-order valence-corrected chi connectivity index (χ1v) is 9.79. The summed E-state index contributed by atoms with van der Waals surface area (Å²) in [6.45, 7) is 1.75. The van der Waals surface area contributed by atoms with E-state index in [4.69, 9.17) is 16.3 Å². The van der Waals surface area contributed by atoms with Crippen LogP contribution in [0.1, 0.15) is 5.56 Å². The van der Waals surface area contributed by atoms with Gasteiger partial charge in [-0.2, -0.15) is 0 Å². The maximum Gasteiger partial charge on any atom is 0.267 e. The van der Waals surface area contributed by atoms with E-state index in [1.54, 1.807) is 18.2 Å². The summed E-state index contributed by atoms with van der Waals surface area (Å²) >= 11 is 5.96. The fourth-order valence-electron chi connectivity index (χ4n) is 2.60. The highest BCUT2D eigenvalue weighted by molar-refractivity contribution is 7.92. The summed E-state index contributed by atoms with van der Waals surface area (Å²) in [7, 11) is -3.59. The molecule has 3 rings (SSSR count). The number of nitrogens with one attached hydrogen (secondary N) is 1. The maximum atomic E-state index is 12.6. The molecular formula is C17H17ClN2O4S. The molecule has 2 aromatic carbocycles. The van der Waals surface area contributed by atoms with Gasteiger partial charge in [-0.15, -0.1) is 0 Å². The van der Waals surface area contributed by atoms with E-state index < -0.39 is 22.0 Å². The second-order valence-corrected chi connectivity index (χ2v) is 8.16. The van der Waals surface area contributed by atoms with Crippen molar-refractivity contribution in [2.75, 3.05) is 22.4 Å². The number of halogens is 1. The molecule has 25 heavy (non-hydrogen) atoms. The van der Waals surface area contributed by atoms with Crippen molar-refractivity contribution in [3.63, 3.8) is 0 Å². The smallest absolute Gasteiger partial charge is 0.267 e. The number of hydrogen-bond donors (Lipinski definition) is 1. The minimum atomic E-state index is -3.59. The zero-order chi connectivity index (χ0) is 18.2. The van der Waals surface area contributed by atoms with E-state index in [2.05, 4.69) is 5.32 Å². The van der Waals surface area contributed by atoms with Gasteiger partial charge >= 0.3 is 0 Å². The lowest BCUT2D eigenvalue weighted by atomic mass is 10.2. The first-order valence-electron chi connectivity index (χ1n) is 7.56. The lowest BCUT2D eigenvalue weighted by Crippen LogP contribution is -2.48. The molecule has 0 radical (unpaired) electrons. The highest BCUT2D eigenvalue weighted by atomic mass is 35.5. The number of amides is 1. The van der Waals surface area contributed by atoms with E-state index >= 15 is 0 Å². The molecule has 0 fully saturated rings. The number of carbonyl (C=O) groups is 1. The van der Waals surface area contributed by atoms with Crippen molar-refractivity contribution < 1.29 is 17.9 Å². The molecule has 1 heterocycles. The number of anilines is 2. The average molecular weight is 381 g/mol. The molecule has 0 aromatic heterocycles. The molecule has 0 spiro atoms. The summed E-state index contributed by atoms with van der Waals surface area (Å²) in [4.78, 5) is 12.6. The number of fused-ring (bicyclic) bond motifs is 1. The number of carbonyl (C=O) groups excluding carboxylic acids is 1. The maximum absolute atomic E-state index is 12.6. The third kappa shape index (κ3) is 3.72. The van der Waals surface area contributed by atoms with Crippen LogP contribution < -0.4 is 14.4 Å². The van der Waals surface area contributed by atoms with Crippen molar-refractivity contribution in [1.29, 1.82) is 0 Å². The Bertz CT molecular complexity index is 930. The monoisotopic (exact) mass is 380 g/mol. The summed E-state index contributed by atoms with van der Waals surface area (Å²) in [5.41, 5.74) is 1.89. The van der Waals surface area contributed by atoms with Gasteiger partial charge in [0.15, 0.2) is 6.10 Å². The molecule has 0 saturated heterocycles. The van der Waals surface area contributed by atoms with Gasteiger partial charge in [0.05, 0.1) is 18.5 Å². The molecule has 0 saturated carbocycles. The van der Waals surface area contributed by atoms with E-state index in [0.717, 1.165) is 16.1 Å². The number of hydrogen-bond acceptors (Lipinski definition) is 4. The average Bonchev–Trinajstić information content (AvgIpc) is 2.55. The molecule has 132 valence electrons. The first kappa shape index (κ1) is 17.6. The van der Waals surface area contributed by atoms with Gasteiger partial charge < -0.3 is 10.1 Å². The molecule has 8 heteroatoms. The van der Waals surface area contributed by atoms with Crippen LogP contribution >= 0.6 is 11.6 Å². The highest BCUT2D eigenvalue weighted by Gasteiger charge is 2.35. The fourth-order valence-corrected chi connectivity index (χ4v) is 3.67. The minimum Gasteiger partial charge on any atom is -0.476 e. The van der Waals surface area contributed by atoms with Crippen molar-refractivity contribution in [1.82, 2.24) is 0 Å². The van der Waals surface area contributed by atoms with Gasteiger partial charge in [-0.25, -0.2) is 8.42 Å². The number of para-hydroxylation sites is 1. The predicted octanol–water partition coefficient (Wildman–Crippen LogP) is 2.81. The quantitative estimate of drug-likeness (QED) is 0.888.